The normalized spacial score (nSPS) is 22.4. The molecule has 0 aromatic carbocycles. The van der Waals surface area contributed by atoms with Crippen LogP contribution in [0.25, 0.3) is 0 Å². The van der Waals surface area contributed by atoms with E-state index in [-0.39, 0.29) is 29.8 Å². The van der Waals surface area contributed by atoms with E-state index in [1.165, 1.54) is 4.90 Å². The molecule has 76 valence electrons. The summed E-state index contributed by atoms with van der Waals surface area (Å²) in [4.78, 5) is 12.6. The lowest BCUT2D eigenvalue weighted by Crippen LogP contribution is -2.34. The van der Waals surface area contributed by atoms with E-state index in [1.54, 1.807) is 0 Å². The van der Waals surface area contributed by atoms with Gasteiger partial charge in [-0.1, -0.05) is 0 Å². The molecule has 1 amide bonds. The van der Waals surface area contributed by atoms with Crippen LogP contribution in [0.3, 0.4) is 0 Å². The summed E-state index contributed by atoms with van der Waals surface area (Å²) in [6.45, 7) is 0.790. The molecule has 0 saturated carbocycles. The van der Waals surface area contributed by atoms with Crippen molar-refractivity contribution in [3.63, 3.8) is 0 Å². The number of carbonyl (C=O) groups is 1. The summed E-state index contributed by atoms with van der Waals surface area (Å²) < 4.78 is 22.3. The molecule has 0 aromatic heterocycles. The Morgan fingerprint density at radius 1 is 1.31 bits per heavy atom. The number of carbonyl (C=O) groups excluding carboxylic acids is 1. The van der Waals surface area contributed by atoms with Crippen LogP contribution in [-0.2, 0) is 14.6 Å². The fourth-order valence-electron chi connectivity index (χ4n) is 1.27. The lowest BCUT2D eigenvalue weighted by Gasteiger charge is -2.17. The second-order valence-corrected chi connectivity index (χ2v) is 5.59. The lowest BCUT2D eigenvalue weighted by molar-refractivity contribution is -0.128. The monoisotopic (exact) mass is 225 g/mol. The van der Waals surface area contributed by atoms with E-state index in [1.807, 2.05) is 0 Å². The molecule has 1 saturated heterocycles. The van der Waals surface area contributed by atoms with Crippen molar-refractivity contribution in [3.8, 4) is 0 Å². The molecule has 1 fully saturated rings. The molecule has 1 aliphatic heterocycles. The highest BCUT2D eigenvalue weighted by molar-refractivity contribution is 7.91. The van der Waals surface area contributed by atoms with Crippen LogP contribution in [-0.4, -0.2) is 49.7 Å². The molecule has 0 aliphatic carbocycles. The molecule has 0 spiro atoms. The Morgan fingerprint density at radius 2 is 2.00 bits per heavy atom. The summed E-state index contributed by atoms with van der Waals surface area (Å²) in [7, 11) is -2.93. The van der Waals surface area contributed by atoms with Gasteiger partial charge in [-0.2, -0.15) is 0 Å². The predicted octanol–water partition coefficient (Wildman–Crippen LogP) is -0.128. The Bertz CT molecular complexity index is 288. The van der Waals surface area contributed by atoms with Crippen molar-refractivity contribution in [2.75, 3.05) is 30.5 Å². The summed E-state index contributed by atoms with van der Waals surface area (Å²) in [5.74, 6) is -0.00636. The number of rotatable bonds is 1. The molecular formula is C7H12ClNO3S. The zero-order valence-electron chi connectivity index (χ0n) is 7.20. The van der Waals surface area contributed by atoms with E-state index in [0.29, 0.717) is 13.0 Å². The first-order valence-corrected chi connectivity index (χ1v) is 6.45. The predicted molar refractivity (Wildman–Crippen MR) is 50.6 cm³/mol. The van der Waals surface area contributed by atoms with Crippen LogP contribution in [0, 0.1) is 0 Å². The average Bonchev–Trinajstić information content (AvgIpc) is 2.25. The highest BCUT2D eigenvalue weighted by atomic mass is 35.5. The van der Waals surface area contributed by atoms with Crippen LogP contribution >= 0.6 is 11.6 Å². The van der Waals surface area contributed by atoms with Crippen molar-refractivity contribution < 1.29 is 13.2 Å². The van der Waals surface area contributed by atoms with Gasteiger partial charge < -0.3 is 4.90 Å². The molecule has 1 heterocycles. The molecule has 0 unspecified atom stereocenters. The second kappa shape index (κ2) is 4.28. The molecule has 0 bridgehead atoms. The van der Waals surface area contributed by atoms with Crippen LogP contribution in [0.1, 0.15) is 6.42 Å². The number of nitrogens with zero attached hydrogens (tertiary/aromatic N) is 1. The van der Waals surface area contributed by atoms with E-state index < -0.39 is 9.84 Å². The Labute approximate surface area is 82.8 Å². The van der Waals surface area contributed by atoms with E-state index in [2.05, 4.69) is 0 Å². The standard InChI is InChI=1S/C7H12ClNO3S/c8-6-7(10)9-2-1-4-13(11,12)5-3-9/h1-6H2. The molecule has 0 N–H and O–H groups in total. The number of halogens is 1. The first-order chi connectivity index (χ1) is 6.05. The highest BCUT2D eigenvalue weighted by Crippen LogP contribution is 2.05. The van der Waals surface area contributed by atoms with Crippen molar-refractivity contribution in [2.45, 2.75) is 6.42 Å². The zero-order chi connectivity index (χ0) is 9.90. The molecule has 0 aromatic rings. The Morgan fingerprint density at radius 3 is 2.62 bits per heavy atom. The van der Waals surface area contributed by atoms with Crippen LogP contribution in [0.5, 0.6) is 0 Å². The van der Waals surface area contributed by atoms with E-state index in [9.17, 15) is 13.2 Å². The largest absolute Gasteiger partial charge is 0.341 e. The summed E-state index contributed by atoms with van der Waals surface area (Å²) in [5.41, 5.74) is 0. The van der Waals surface area contributed by atoms with Crippen LogP contribution < -0.4 is 0 Å². The van der Waals surface area contributed by atoms with Gasteiger partial charge in [0.05, 0.1) is 11.5 Å². The zero-order valence-corrected chi connectivity index (χ0v) is 8.77. The van der Waals surface area contributed by atoms with Gasteiger partial charge in [0.25, 0.3) is 0 Å². The maximum absolute atomic E-state index is 11.2. The minimum absolute atomic E-state index is 0.0651. The number of hydrogen-bond donors (Lipinski definition) is 0. The van der Waals surface area contributed by atoms with Gasteiger partial charge in [0.1, 0.15) is 5.88 Å². The molecule has 0 atom stereocenters. The fraction of sp³-hybridized carbons (Fsp3) is 0.857. The topological polar surface area (TPSA) is 54.5 Å². The van der Waals surface area contributed by atoms with Crippen LogP contribution in [0.4, 0.5) is 0 Å². The smallest absolute Gasteiger partial charge is 0.237 e. The Hall–Kier alpha value is -0.290. The van der Waals surface area contributed by atoms with E-state index in [0.717, 1.165) is 0 Å². The van der Waals surface area contributed by atoms with Gasteiger partial charge in [0.15, 0.2) is 9.84 Å². The molecule has 1 rings (SSSR count). The fourth-order valence-corrected chi connectivity index (χ4v) is 2.71. The summed E-state index contributed by atoms with van der Waals surface area (Å²) >= 11 is 5.37. The third-order valence-electron chi connectivity index (χ3n) is 2.02. The SMILES string of the molecule is O=C(CCl)N1CCCS(=O)(=O)CC1. The van der Waals surface area contributed by atoms with Gasteiger partial charge in [-0.05, 0) is 6.42 Å². The minimum Gasteiger partial charge on any atom is -0.341 e. The van der Waals surface area contributed by atoms with E-state index >= 15 is 0 Å². The summed E-state index contributed by atoms with van der Waals surface area (Å²) in [6, 6.07) is 0. The van der Waals surface area contributed by atoms with Gasteiger partial charge in [0, 0.05) is 13.1 Å². The third kappa shape index (κ3) is 3.15. The Kier molecular flexibility index (Phi) is 3.55. The average molecular weight is 226 g/mol. The number of sulfone groups is 1. The van der Waals surface area contributed by atoms with Crippen LogP contribution in [0.15, 0.2) is 0 Å². The van der Waals surface area contributed by atoms with Gasteiger partial charge in [-0.15, -0.1) is 11.6 Å². The van der Waals surface area contributed by atoms with Crippen molar-refractivity contribution >= 4 is 27.3 Å². The Balaban J connectivity index is 2.60. The highest BCUT2D eigenvalue weighted by Gasteiger charge is 2.21. The maximum atomic E-state index is 11.2. The second-order valence-electron chi connectivity index (χ2n) is 3.02. The number of alkyl halides is 1. The lowest BCUT2D eigenvalue weighted by atomic mass is 10.4. The number of amides is 1. The van der Waals surface area contributed by atoms with Gasteiger partial charge in [0.2, 0.25) is 5.91 Å². The first kappa shape index (κ1) is 10.8. The van der Waals surface area contributed by atoms with Crippen molar-refractivity contribution in [2.24, 2.45) is 0 Å². The van der Waals surface area contributed by atoms with Crippen molar-refractivity contribution in [1.82, 2.24) is 4.90 Å². The number of hydrogen-bond acceptors (Lipinski definition) is 3. The molecular weight excluding hydrogens is 214 g/mol. The third-order valence-corrected chi connectivity index (χ3v) is 3.97. The first-order valence-electron chi connectivity index (χ1n) is 4.09. The van der Waals surface area contributed by atoms with Gasteiger partial charge in [-0.25, -0.2) is 8.42 Å². The molecule has 4 nitrogen and oxygen atoms in total. The van der Waals surface area contributed by atoms with Crippen molar-refractivity contribution in [3.05, 3.63) is 0 Å². The van der Waals surface area contributed by atoms with Crippen molar-refractivity contribution in [1.29, 1.82) is 0 Å². The maximum Gasteiger partial charge on any atom is 0.237 e. The van der Waals surface area contributed by atoms with Gasteiger partial charge in [-0.3, -0.25) is 4.79 Å². The van der Waals surface area contributed by atoms with Gasteiger partial charge >= 0.3 is 0 Å². The van der Waals surface area contributed by atoms with Crippen LogP contribution in [0.2, 0.25) is 0 Å². The quantitative estimate of drug-likeness (QED) is 0.585. The van der Waals surface area contributed by atoms with E-state index in [4.69, 9.17) is 11.6 Å². The summed E-state index contributed by atoms with van der Waals surface area (Å²) in [5, 5.41) is 0. The molecule has 13 heavy (non-hydrogen) atoms. The molecule has 0 radical (unpaired) electrons. The molecule has 1 aliphatic rings. The summed E-state index contributed by atoms with van der Waals surface area (Å²) in [6.07, 6.45) is 0.519. The minimum atomic E-state index is -2.93. The molecule has 6 heteroatoms.